The standard InChI is InChI=1S/C15H16N4O2/c20-19(21)15-2-1-14(13-7-16-4-3-12(13)15)18-8-10-5-17-6-11(10)9-18/h1-4,7,10-11,17H,5-6,8-9H2/t10-,11+. The number of nitrogens with one attached hydrogen (secondary N) is 1. The fraction of sp³-hybridized carbons (Fsp3) is 0.400. The molecular weight excluding hydrogens is 268 g/mol. The molecule has 0 aliphatic carbocycles. The number of anilines is 1. The van der Waals surface area contributed by atoms with E-state index in [1.54, 1.807) is 24.5 Å². The first-order valence-electron chi connectivity index (χ1n) is 7.21. The van der Waals surface area contributed by atoms with Gasteiger partial charge in [0, 0.05) is 55.7 Å². The van der Waals surface area contributed by atoms with Crippen LogP contribution in [0.1, 0.15) is 0 Å². The normalized spacial score (nSPS) is 24.5. The number of nitro groups is 1. The van der Waals surface area contributed by atoms with Crippen molar-refractivity contribution < 1.29 is 4.92 Å². The summed E-state index contributed by atoms with van der Waals surface area (Å²) >= 11 is 0. The third-order valence-corrected chi connectivity index (χ3v) is 4.70. The zero-order valence-corrected chi connectivity index (χ0v) is 11.5. The summed E-state index contributed by atoms with van der Waals surface area (Å²) in [7, 11) is 0. The maximum atomic E-state index is 11.2. The minimum atomic E-state index is -0.325. The van der Waals surface area contributed by atoms with E-state index in [0.29, 0.717) is 17.2 Å². The minimum Gasteiger partial charge on any atom is -0.370 e. The molecule has 1 aromatic carbocycles. The topological polar surface area (TPSA) is 71.3 Å². The Balaban J connectivity index is 1.80. The Morgan fingerprint density at radius 3 is 2.67 bits per heavy atom. The Morgan fingerprint density at radius 1 is 1.19 bits per heavy atom. The highest BCUT2D eigenvalue weighted by molar-refractivity contribution is 5.99. The zero-order chi connectivity index (χ0) is 14.4. The van der Waals surface area contributed by atoms with Gasteiger partial charge in [-0.25, -0.2) is 0 Å². The van der Waals surface area contributed by atoms with Crippen LogP contribution in [0.25, 0.3) is 10.8 Å². The zero-order valence-electron chi connectivity index (χ0n) is 11.5. The highest BCUT2D eigenvalue weighted by Crippen LogP contribution is 2.37. The molecule has 3 heterocycles. The summed E-state index contributed by atoms with van der Waals surface area (Å²) in [6, 6.07) is 5.22. The van der Waals surface area contributed by atoms with Crippen molar-refractivity contribution in [3.8, 4) is 0 Å². The fourth-order valence-corrected chi connectivity index (χ4v) is 3.65. The number of nitro benzene ring substituents is 1. The summed E-state index contributed by atoms with van der Waals surface area (Å²) in [5.41, 5.74) is 1.22. The van der Waals surface area contributed by atoms with Gasteiger partial charge in [0.25, 0.3) is 5.69 Å². The van der Waals surface area contributed by atoms with Gasteiger partial charge in [0.2, 0.25) is 0 Å². The maximum Gasteiger partial charge on any atom is 0.277 e. The lowest BCUT2D eigenvalue weighted by Crippen LogP contribution is -2.25. The van der Waals surface area contributed by atoms with Crippen LogP contribution in [0.2, 0.25) is 0 Å². The lowest BCUT2D eigenvalue weighted by Gasteiger charge is -2.21. The van der Waals surface area contributed by atoms with Crippen molar-refractivity contribution in [1.29, 1.82) is 0 Å². The molecule has 2 aromatic rings. The van der Waals surface area contributed by atoms with E-state index in [1.807, 2.05) is 6.07 Å². The van der Waals surface area contributed by atoms with Gasteiger partial charge in [0.05, 0.1) is 10.3 Å². The van der Waals surface area contributed by atoms with Crippen LogP contribution in [0.5, 0.6) is 0 Å². The molecule has 0 amide bonds. The molecule has 2 saturated heterocycles. The Kier molecular flexibility index (Phi) is 2.78. The van der Waals surface area contributed by atoms with E-state index < -0.39 is 0 Å². The molecule has 0 radical (unpaired) electrons. The summed E-state index contributed by atoms with van der Waals surface area (Å²) < 4.78 is 0. The van der Waals surface area contributed by atoms with Crippen molar-refractivity contribution in [3.63, 3.8) is 0 Å². The van der Waals surface area contributed by atoms with Gasteiger partial charge in [-0.3, -0.25) is 15.1 Å². The van der Waals surface area contributed by atoms with E-state index in [1.165, 1.54) is 0 Å². The smallest absolute Gasteiger partial charge is 0.277 e. The number of aromatic nitrogens is 1. The van der Waals surface area contributed by atoms with E-state index >= 15 is 0 Å². The third kappa shape index (κ3) is 1.94. The maximum absolute atomic E-state index is 11.2. The summed E-state index contributed by atoms with van der Waals surface area (Å²) in [6.45, 7) is 4.17. The Bertz CT molecular complexity index is 706. The molecule has 108 valence electrons. The number of fused-ring (bicyclic) bond motifs is 2. The van der Waals surface area contributed by atoms with E-state index in [2.05, 4.69) is 15.2 Å². The Labute approximate surface area is 121 Å². The molecule has 0 bridgehead atoms. The van der Waals surface area contributed by atoms with Crippen molar-refractivity contribution in [3.05, 3.63) is 40.7 Å². The molecule has 2 fully saturated rings. The van der Waals surface area contributed by atoms with Gasteiger partial charge in [-0.15, -0.1) is 0 Å². The molecule has 6 heteroatoms. The highest BCUT2D eigenvalue weighted by Gasteiger charge is 2.36. The van der Waals surface area contributed by atoms with Gasteiger partial charge in [-0.1, -0.05) is 0 Å². The van der Waals surface area contributed by atoms with Gasteiger partial charge in [-0.05, 0) is 24.0 Å². The van der Waals surface area contributed by atoms with E-state index in [0.717, 1.165) is 37.3 Å². The van der Waals surface area contributed by atoms with E-state index in [9.17, 15) is 10.1 Å². The molecule has 0 saturated carbocycles. The van der Waals surface area contributed by atoms with Crippen LogP contribution in [-0.2, 0) is 0 Å². The molecular formula is C15H16N4O2. The molecule has 4 rings (SSSR count). The largest absolute Gasteiger partial charge is 0.370 e. The van der Waals surface area contributed by atoms with Gasteiger partial charge in [0.1, 0.15) is 0 Å². The first-order chi connectivity index (χ1) is 10.2. The van der Waals surface area contributed by atoms with Crippen LogP contribution in [0.15, 0.2) is 30.6 Å². The van der Waals surface area contributed by atoms with Crippen LogP contribution >= 0.6 is 0 Å². The van der Waals surface area contributed by atoms with E-state index in [-0.39, 0.29) is 10.6 Å². The van der Waals surface area contributed by atoms with Crippen molar-refractivity contribution in [2.45, 2.75) is 0 Å². The van der Waals surface area contributed by atoms with Gasteiger partial charge >= 0.3 is 0 Å². The SMILES string of the molecule is O=[N+]([O-])c1ccc(N2C[C@H]3CNC[C@H]3C2)c2cnccc12. The number of rotatable bonds is 2. The highest BCUT2D eigenvalue weighted by atomic mass is 16.6. The summed E-state index contributed by atoms with van der Waals surface area (Å²) in [4.78, 5) is 17.4. The third-order valence-electron chi connectivity index (χ3n) is 4.70. The number of nitrogens with zero attached hydrogens (tertiary/aromatic N) is 3. The minimum absolute atomic E-state index is 0.150. The second kappa shape index (κ2) is 4.66. The van der Waals surface area contributed by atoms with Gasteiger partial charge in [-0.2, -0.15) is 0 Å². The number of benzene rings is 1. The van der Waals surface area contributed by atoms with Crippen molar-refractivity contribution >= 4 is 22.1 Å². The molecule has 2 atom stereocenters. The van der Waals surface area contributed by atoms with E-state index in [4.69, 9.17) is 0 Å². The molecule has 21 heavy (non-hydrogen) atoms. The monoisotopic (exact) mass is 284 g/mol. The molecule has 0 spiro atoms. The van der Waals surface area contributed by atoms with Crippen LogP contribution in [-0.4, -0.2) is 36.1 Å². The van der Waals surface area contributed by atoms with Crippen LogP contribution in [0, 0.1) is 22.0 Å². The first kappa shape index (κ1) is 12.5. The predicted octanol–water partition coefficient (Wildman–Crippen LogP) is 1.80. The average molecular weight is 284 g/mol. The summed E-state index contributed by atoms with van der Waals surface area (Å²) in [6.07, 6.45) is 3.35. The summed E-state index contributed by atoms with van der Waals surface area (Å²) in [5, 5.41) is 16.1. The first-order valence-corrected chi connectivity index (χ1v) is 7.21. The van der Waals surface area contributed by atoms with Crippen molar-refractivity contribution in [2.24, 2.45) is 11.8 Å². The second-order valence-corrected chi connectivity index (χ2v) is 5.87. The fourth-order valence-electron chi connectivity index (χ4n) is 3.65. The van der Waals surface area contributed by atoms with Crippen LogP contribution in [0.4, 0.5) is 11.4 Å². The summed E-state index contributed by atoms with van der Waals surface area (Å²) in [5.74, 6) is 1.37. The van der Waals surface area contributed by atoms with Crippen LogP contribution < -0.4 is 10.2 Å². The Morgan fingerprint density at radius 2 is 1.95 bits per heavy atom. The number of hydrogen-bond acceptors (Lipinski definition) is 5. The average Bonchev–Trinajstić information content (AvgIpc) is 3.07. The molecule has 2 aliphatic heterocycles. The number of hydrogen-bond donors (Lipinski definition) is 1. The van der Waals surface area contributed by atoms with Crippen LogP contribution in [0.3, 0.4) is 0 Å². The Hall–Kier alpha value is -2.21. The van der Waals surface area contributed by atoms with Gasteiger partial charge in [0.15, 0.2) is 0 Å². The molecule has 6 nitrogen and oxygen atoms in total. The molecule has 1 aromatic heterocycles. The lowest BCUT2D eigenvalue weighted by atomic mass is 10.0. The van der Waals surface area contributed by atoms with Crippen molar-refractivity contribution in [1.82, 2.24) is 10.3 Å². The van der Waals surface area contributed by atoms with Gasteiger partial charge < -0.3 is 10.2 Å². The molecule has 2 aliphatic rings. The number of pyridine rings is 1. The quantitative estimate of drug-likeness (QED) is 0.672. The molecule has 1 N–H and O–H groups in total. The molecule has 0 unspecified atom stereocenters. The second-order valence-electron chi connectivity index (χ2n) is 5.87. The van der Waals surface area contributed by atoms with Crippen molar-refractivity contribution in [2.75, 3.05) is 31.1 Å². The number of non-ortho nitro benzene ring substituents is 1. The lowest BCUT2D eigenvalue weighted by molar-refractivity contribution is -0.383. The predicted molar refractivity (Wildman–Crippen MR) is 80.5 cm³/mol.